The Morgan fingerprint density at radius 2 is 1.86 bits per heavy atom. The fraction of sp³-hybridized carbons (Fsp3) is 0.348. The molecule has 2 aliphatic rings. The second-order valence-corrected chi connectivity index (χ2v) is 7.51. The highest BCUT2D eigenvalue weighted by molar-refractivity contribution is 5.79. The predicted octanol–water partition coefficient (Wildman–Crippen LogP) is 3.81. The number of aliphatic hydroxyl groups is 1. The highest BCUT2D eigenvalue weighted by Crippen LogP contribution is 2.40. The Labute approximate surface area is 170 Å². The van der Waals surface area contributed by atoms with E-state index in [1.165, 1.54) is 6.20 Å². The van der Waals surface area contributed by atoms with Crippen LogP contribution in [-0.2, 0) is 5.60 Å². The SMILES string of the molecule is COc1ccc(C(O)(CC2=C[N]C(=O)N2)c2ccccc2)cc1OC1CCCC1. The van der Waals surface area contributed by atoms with Crippen LogP contribution in [0.2, 0.25) is 0 Å². The quantitative estimate of drug-likeness (QED) is 0.749. The Kier molecular flexibility index (Phi) is 5.45. The summed E-state index contributed by atoms with van der Waals surface area (Å²) in [6, 6.07) is 14.5. The zero-order valence-corrected chi connectivity index (χ0v) is 16.4. The molecule has 2 N–H and O–H groups in total. The third kappa shape index (κ3) is 4.07. The van der Waals surface area contributed by atoms with Crippen LogP contribution < -0.4 is 20.1 Å². The number of benzene rings is 2. The first kappa shape index (κ1) is 19.3. The van der Waals surface area contributed by atoms with E-state index in [4.69, 9.17) is 9.47 Å². The summed E-state index contributed by atoms with van der Waals surface area (Å²) in [6.07, 6.45) is 6.19. The minimum atomic E-state index is -1.36. The Morgan fingerprint density at radius 1 is 1.10 bits per heavy atom. The lowest BCUT2D eigenvalue weighted by Crippen LogP contribution is -2.31. The Hall–Kier alpha value is -2.99. The number of nitrogens with one attached hydrogen (secondary N) is 1. The maximum Gasteiger partial charge on any atom is 0.345 e. The topological polar surface area (TPSA) is 81.9 Å². The second-order valence-electron chi connectivity index (χ2n) is 7.51. The van der Waals surface area contributed by atoms with Gasteiger partial charge in [-0.25, -0.2) is 4.79 Å². The molecular formula is C23H25N2O4. The van der Waals surface area contributed by atoms with Gasteiger partial charge in [-0.05, 0) is 48.9 Å². The first-order chi connectivity index (χ1) is 14.1. The Bertz CT molecular complexity index is 906. The minimum absolute atomic E-state index is 0.166. The highest BCUT2D eigenvalue weighted by Gasteiger charge is 2.35. The van der Waals surface area contributed by atoms with Gasteiger partial charge in [0, 0.05) is 12.1 Å². The van der Waals surface area contributed by atoms with Crippen molar-refractivity contribution in [2.45, 2.75) is 43.8 Å². The van der Waals surface area contributed by atoms with Crippen LogP contribution >= 0.6 is 0 Å². The van der Waals surface area contributed by atoms with Gasteiger partial charge in [-0.1, -0.05) is 36.4 Å². The smallest absolute Gasteiger partial charge is 0.345 e. The molecule has 1 saturated carbocycles. The van der Waals surface area contributed by atoms with Crippen LogP contribution in [0, 0.1) is 0 Å². The van der Waals surface area contributed by atoms with Crippen molar-refractivity contribution in [3.05, 3.63) is 71.6 Å². The molecule has 1 atom stereocenters. The molecule has 4 rings (SSSR count). The molecule has 1 heterocycles. The first-order valence-corrected chi connectivity index (χ1v) is 9.92. The van der Waals surface area contributed by atoms with Crippen LogP contribution in [-0.4, -0.2) is 24.4 Å². The number of amides is 2. The summed E-state index contributed by atoms with van der Waals surface area (Å²) in [6.45, 7) is 0. The summed E-state index contributed by atoms with van der Waals surface area (Å²) >= 11 is 0. The molecule has 0 aromatic heterocycles. The molecule has 0 bridgehead atoms. The number of urea groups is 1. The number of carbonyl (C=O) groups excluding carboxylic acids is 1. The molecule has 2 aromatic rings. The highest BCUT2D eigenvalue weighted by atomic mass is 16.5. The number of rotatable bonds is 7. The maximum atomic E-state index is 11.8. The maximum absolute atomic E-state index is 11.8. The van der Waals surface area contributed by atoms with E-state index in [0.717, 1.165) is 31.2 Å². The fourth-order valence-corrected chi connectivity index (χ4v) is 4.00. The predicted molar refractivity (Wildman–Crippen MR) is 109 cm³/mol. The number of methoxy groups -OCH3 is 1. The standard InChI is InChI=1S/C23H25N2O4/c1-28-20-12-11-17(13-21(20)29-19-9-5-6-10-19)23(27,16-7-3-2-4-8-16)14-18-15-24-22(26)25-18/h2-4,7-8,11-13,15,19,27H,5-6,9-10,14H2,1H3,(H,25,26). The third-order valence-corrected chi connectivity index (χ3v) is 5.54. The molecule has 29 heavy (non-hydrogen) atoms. The van der Waals surface area contributed by atoms with E-state index in [0.29, 0.717) is 22.8 Å². The lowest BCUT2D eigenvalue weighted by atomic mass is 9.82. The number of hydrogen-bond donors (Lipinski definition) is 2. The molecule has 6 nitrogen and oxygen atoms in total. The summed E-state index contributed by atoms with van der Waals surface area (Å²) in [5.74, 6) is 1.26. The van der Waals surface area contributed by atoms with Crippen LogP contribution in [0.1, 0.15) is 43.2 Å². The Morgan fingerprint density at radius 3 is 2.52 bits per heavy atom. The summed E-state index contributed by atoms with van der Waals surface area (Å²) in [5.41, 5.74) is 0.592. The van der Waals surface area contributed by atoms with E-state index in [9.17, 15) is 9.90 Å². The van der Waals surface area contributed by atoms with E-state index in [1.54, 1.807) is 7.11 Å². The molecule has 2 amide bonds. The summed E-state index contributed by atoms with van der Waals surface area (Å²) in [5, 5.41) is 18.2. The number of carbonyl (C=O) groups is 1. The lowest BCUT2D eigenvalue weighted by molar-refractivity contribution is 0.0792. The van der Waals surface area contributed by atoms with Crippen molar-refractivity contribution in [2.24, 2.45) is 0 Å². The van der Waals surface area contributed by atoms with Gasteiger partial charge in [0.2, 0.25) is 0 Å². The van der Waals surface area contributed by atoms with Crippen LogP contribution in [0.25, 0.3) is 0 Å². The first-order valence-electron chi connectivity index (χ1n) is 9.92. The van der Waals surface area contributed by atoms with Gasteiger partial charge in [-0.15, -0.1) is 0 Å². The number of ether oxygens (including phenoxy) is 2. The molecule has 0 spiro atoms. The zero-order chi connectivity index (χ0) is 20.3. The van der Waals surface area contributed by atoms with E-state index in [2.05, 4.69) is 10.6 Å². The van der Waals surface area contributed by atoms with Gasteiger partial charge in [0.25, 0.3) is 0 Å². The lowest BCUT2D eigenvalue weighted by Gasteiger charge is -2.30. The van der Waals surface area contributed by atoms with Gasteiger partial charge in [-0.3, -0.25) is 0 Å². The van der Waals surface area contributed by atoms with Crippen molar-refractivity contribution < 1.29 is 19.4 Å². The molecular weight excluding hydrogens is 368 g/mol. The average Bonchev–Trinajstić information content (AvgIpc) is 3.40. The average molecular weight is 393 g/mol. The van der Waals surface area contributed by atoms with Gasteiger partial charge in [0.1, 0.15) is 5.60 Å². The summed E-state index contributed by atoms with van der Waals surface area (Å²) in [4.78, 5) is 11.5. The zero-order valence-electron chi connectivity index (χ0n) is 16.4. The molecule has 1 fully saturated rings. The minimum Gasteiger partial charge on any atom is -0.493 e. The largest absolute Gasteiger partial charge is 0.493 e. The molecule has 1 aliphatic carbocycles. The Balaban J connectivity index is 1.72. The van der Waals surface area contributed by atoms with Crippen LogP contribution in [0.15, 0.2) is 60.4 Å². The second kappa shape index (κ2) is 8.17. The monoisotopic (exact) mass is 393 g/mol. The van der Waals surface area contributed by atoms with E-state index >= 15 is 0 Å². The van der Waals surface area contributed by atoms with Crippen LogP contribution in [0.4, 0.5) is 4.79 Å². The van der Waals surface area contributed by atoms with Gasteiger partial charge >= 0.3 is 6.03 Å². The molecule has 6 heteroatoms. The van der Waals surface area contributed by atoms with E-state index in [-0.39, 0.29) is 12.5 Å². The van der Waals surface area contributed by atoms with Crippen molar-refractivity contribution in [3.63, 3.8) is 0 Å². The third-order valence-electron chi connectivity index (χ3n) is 5.54. The normalized spacial score (nSPS) is 18.6. The van der Waals surface area contributed by atoms with Crippen molar-refractivity contribution in [2.75, 3.05) is 7.11 Å². The van der Waals surface area contributed by atoms with Crippen LogP contribution in [0.3, 0.4) is 0 Å². The van der Waals surface area contributed by atoms with Crippen molar-refractivity contribution in [1.29, 1.82) is 0 Å². The van der Waals surface area contributed by atoms with Gasteiger partial charge in [0.05, 0.1) is 19.4 Å². The molecule has 151 valence electrons. The van der Waals surface area contributed by atoms with Gasteiger partial charge in [0.15, 0.2) is 11.5 Å². The molecule has 1 unspecified atom stereocenters. The number of hydrogen-bond acceptors (Lipinski definition) is 4. The van der Waals surface area contributed by atoms with E-state index in [1.807, 2.05) is 48.5 Å². The molecule has 2 aromatic carbocycles. The van der Waals surface area contributed by atoms with Gasteiger partial charge in [-0.2, -0.15) is 5.32 Å². The van der Waals surface area contributed by atoms with Crippen molar-refractivity contribution in [1.82, 2.24) is 10.6 Å². The van der Waals surface area contributed by atoms with Crippen molar-refractivity contribution in [3.8, 4) is 11.5 Å². The molecule has 0 saturated heterocycles. The summed E-state index contributed by atoms with van der Waals surface area (Å²) < 4.78 is 11.7. The molecule has 1 radical (unpaired) electrons. The van der Waals surface area contributed by atoms with Crippen molar-refractivity contribution >= 4 is 6.03 Å². The van der Waals surface area contributed by atoms with E-state index < -0.39 is 11.6 Å². The summed E-state index contributed by atoms with van der Waals surface area (Å²) in [7, 11) is 1.61. The fourth-order valence-electron chi connectivity index (χ4n) is 4.00. The van der Waals surface area contributed by atoms with Crippen LogP contribution in [0.5, 0.6) is 11.5 Å². The van der Waals surface area contributed by atoms with Gasteiger partial charge < -0.3 is 19.9 Å². The molecule has 1 aliphatic heterocycles. The number of nitrogens with zero attached hydrogens (tertiary/aromatic N) is 1.